The number of halogens is 1. The Morgan fingerprint density at radius 2 is 2.16 bits per heavy atom. The van der Waals surface area contributed by atoms with E-state index in [1.165, 1.54) is 0 Å². The lowest BCUT2D eigenvalue weighted by atomic mass is 10.1. The van der Waals surface area contributed by atoms with E-state index in [-0.39, 0.29) is 24.2 Å². The number of nitrogens with zero attached hydrogens (tertiary/aromatic N) is 1. The first-order valence-corrected chi connectivity index (χ1v) is 11.1. The highest BCUT2D eigenvalue weighted by molar-refractivity contribution is 6.30. The normalized spacial score (nSPS) is 15.6. The predicted molar refractivity (Wildman–Crippen MR) is 126 cm³/mol. The van der Waals surface area contributed by atoms with Gasteiger partial charge in [-0.2, -0.15) is 0 Å². The fourth-order valence-electron chi connectivity index (χ4n) is 3.83. The van der Waals surface area contributed by atoms with Gasteiger partial charge in [0.05, 0.1) is 19.3 Å². The lowest BCUT2D eigenvalue weighted by molar-refractivity contribution is 0.0818. The number of pyridine rings is 1. The largest absolute Gasteiger partial charge is 0.494 e. The van der Waals surface area contributed by atoms with Gasteiger partial charge in [0.1, 0.15) is 5.75 Å². The van der Waals surface area contributed by atoms with Crippen molar-refractivity contribution in [1.29, 1.82) is 0 Å². The highest BCUT2D eigenvalue weighted by Gasteiger charge is 2.24. The monoisotopic (exact) mass is 455 g/mol. The second-order valence-corrected chi connectivity index (χ2v) is 8.20. The maximum atomic E-state index is 13.1. The summed E-state index contributed by atoms with van der Waals surface area (Å²) in [5.41, 5.74) is 1.57. The van der Waals surface area contributed by atoms with Crippen LogP contribution in [0.4, 0.5) is 10.5 Å². The average molecular weight is 456 g/mol. The van der Waals surface area contributed by atoms with Crippen LogP contribution >= 0.6 is 11.6 Å². The van der Waals surface area contributed by atoms with Crippen LogP contribution in [0.15, 0.2) is 53.3 Å². The Bertz CT molecular complexity index is 1160. The van der Waals surface area contributed by atoms with E-state index in [0.29, 0.717) is 36.0 Å². The molecule has 1 fully saturated rings. The van der Waals surface area contributed by atoms with Crippen molar-refractivity contribution in [2.75, 3.05) is 25.1 Å². The van der Waals surface area contributed by atoms with Crippen molar-refractivity contribution >= 4 is 34.2 Å². The van der Waals surface area contributed by atoms with E-state index in [2.05, 4.69) is 10.3 Å². The number of urea groups is 1. The number of nitrogens with one attached hydrogen (secondary N) is 2. The van der Waals surface area contributed by atoms with Crippen LogP contribution in [-0.4, -0.2) is 41.8 Å². The zero-order valence-corrected chi connectivity index (χ0v) is 18.7. The van der Waals surface area contributed by atoms with Crippen LogP contribution in [0.5, 0.6) is 5.75 Å². The molecule has 1 aromatic heterocycles. The molecule has 8 heteroatoms. The SMILES string of the molecule is CCOc1ccc2[nH]c(=O)c(CN(CC3CCCO3)C(=O)Nc3cccc(Cl)c3)cc2c1. The lowest BCUT2D eigenvalue weighted by Crippen LogP contribution is -2.40. The van der Waals surface area contributed by atoms with Gasteiger partial charge in [-0.3, -0.25) is 4.79 Å². The number of hydrogen-bond acceptors (Lipinski definition) is 4. The number of aromatic amines is 1. The minimum atomic E-state index is -0.315. The van der Waals surface area contributed by atoms with Gasteiger partial charge in [0, 0.05) is 40.3 Å². The minimum Gasteiger partial charge on any atom is -0.494 e. The third-order valence-corrected chi connectivity index (χ3v) is 5.61. The number of benzene rings is 2. The van der Waals surface area contributed by atoms with Crippen molar-refractivity contribution in [3.05, 3.63) is 69.5 Å². The van der Waals surface area contributed by atoms with E-state index in [1.807, 2.05) is 31.2 Å². The summed E-state index contributed by atoms with van der Waals surface area (Å²) in [4.78, 5) is 30.4. The number of carbonyl (C=O) groups excluding carboxylic acids is 1. The number of anilines is 1. The lowest BCUT2D eigenvalue weighted by Gasteiger charge is -2.26. The van der Waals surface area contributed by atoms with E-state index < -0.39 is 0 Å². The molecule has 168 valence electrons. The summed E-state index contributed by atoms with van der Waals surface area (Å²) in [6, 6.07) is 14.0. The Morgan fingerprint density at radius 1 is 1.28 bits per heavy atom. The molecular weight excluding hydrogens is 430 g/mol. The van der Waals surface area contributed by atoms with Gasteiger partial charge < -0.3 is 24.7 Å². The molecule has 2 heterocycles. The number of H-pyrrole nitrogens is 1. The summed E-state index contributed by atoms with van der Waals surface area (Å²) >= 11 is 6.05. The molecular formula is C24H26ClN3O4. The topological polar surface area (TPSA) is 83.7 Å². The van der Waals surface area contributed by atoms with Gasteiger partial charge in [0.25, 0.3) is 5.56 Å². The molecule has 2 aromatic carbocycles. The molecule has 0 spiro atoms. The van der Waals surface area contributed by atoms with Crippen molar-refractivity contribution in [3.8, 4) is 5.75 Å². The van der Waals surface area contributed by atoms with E-state index >= 15 is 0 Å². The second-order valence-electron chi connectivity index (χ2n) is 7.76. The average Bonchev–Trinajstić information content (AvgIpc) is 3.27. The molecule has 1 aliphatic rings. The summed E-state index contributed by atoms with van der Waals surface area (Å²) in [6.45, 7) is 3.70. The van der Waals surface area contributed by atoms with Crippen LogP contribution in [0.3, 0.4) is 0 Å². The first kappa shape index (κ1) is 22.2. The molecule has 1 atom stereocenters. The van der Waals surface area contributed by atoms with Crippen molar-refractivity contribution in [1.82, 2.24) is 9.88 Å². The standard InChI is InChI=1S/C24H26ClN3O4/c1-2-31-20-8-9-22-16(12-20)11-17(23(29)27-22)14-28(15-21-7-4-10-32-21)24(30)26-19-6-3-5-18(25)13-19/h3,5-6,8-9,11-13,21H,2,4,7,10,14-15H2,1H3,(H,26,30)(H,27,29). The molecule has 1 aliphatic heterocycles. The molecule has 2 N–H and O–H groups in total. The summed E-state index contributed by atoms with van der Waals surface area (Å²) in [7, 11) is 0. The maximum absolute atomic E-state index is 13.1. The van der Waals surface area contributed by atoms with Gasteiger partial charge >= 0.3 is 6.03 Å². The molecule has 1 unspecified atom stereocenters. The van der Waals surface area contributed by atoms with Crippen molar-refractivity contribution in [2.45, 2.75) is 32.4 Å². The first-order chi connectivity index (χ1) is 15.5. The fraction of sp³-hybridized carbons (Fsp3) is 0.333. The first-order valence-electron chi connectivity index (χ1n) is 10.7. The number of aromatic nitrogens is 1. The smallest absolute Gasteiger partial charge is 0.322 e. The maximum Gasteiger partial charge on any atom is 0.322 e. The van der Waals surface area contributed by atoms with E-state index in [1.54, 1.807) is 29.2 Å². The molecule has 3 aromatic rings. The van der Waals surface area contributed by atoms with E-state index in [0.717, 1.165) is 29.5 Å². The summed E-state index contributed by atoms with van der Waals surface area (Å²) in [5, 5.41) is 4.25. The quantitative estimate of drug-likeness (QED) is 0.536. The van der Waals surface area contributed by atoms with Crippen LogP contribution in [0, 0.1) is 0 Å². The van der Waals surface area contributed by atoms with Crippen LogP contribution in [0.1, 0.15) is 25.3 Å². The van der Waals surface area contributed by atoms with Gasteiger partial charge in [-0.25, -0.2) is 4.79 Å². The summed E-state index contributed by atoms with van der Waals surface area (Å²) in [5.74, 6) is 0.730. The number of amides is 2. The van der Waals surface area contributed by atoms with Crippen molar-refractivity contribution in [2.24, 2.45) is 0 Å². The van der Waals surface area contributed by atoms with E-state index in [4.69, 9.17) is 21.1 Å². The Kier molecular flexibility index (Phi) is 6.97. The molecule has 32 heavy (non-hydrogen) atoms. The molecule has 4 rings (SSSR count). The highest BCUT2D eigenvalue weighted by atomic mass is 35.5. The second kappa shape index (κ2) is 10.1. The number of fused-ring (bicyclic) bond motifs is 1. The molecule has 0 bridgehead atoms. The van der Waals surface area contributed by atoms with Crippen LogP contribution < -0.4 is 15.6 Å². The summed E-state index contributed by atoms with van der Waals surface area (Å²) in [6.07, 6.45) is 1.79. The number of hydrogen-bond donors (Lipinski definition) is 2. The Labute approximate surface area is 191 Å². The van der Waals surface area contributed by atoms with Gasteiger partial charge in [-0.15, -0.1) is 0 Å². The zero-order valence-electron chi connectivity index (χ0n) is 17.9. The molecule has 0 saturated carbocycles. The zero-order chi connectivity index (χ0) is 22.5. The third kappa shape index (κ3) is 5.41. The third-order valence-electron chi connectivity index (χ3n) is 5.38. The Morgan fingerprint density at radius 3 is 2.91 bits per heavy atom. The molecule has 2 amide bonds. The molecule has 7 nitrogen and oxygen atoms in total. The minimum absolute atomic E-state index is 0.0517. The number of ether oxygens (including phenoxy) is 2. The Balaban J connectivity index is 1.60. The summed E-state index contributed by atoms with van der Waals surface area (Å²) < 4.78 is 11.3. The van der Waals surface area contributed by atoms with E-state index in [9.17, 15) is 9.59 Å². The van der Waals surface area contributed by atoms with Crippen LogP contribution in [0.2, 0.25) is 5.02 Å². The molecule has 0 aliphatic carbocycles. The van der Waals surface area contributed by atoms with Crippen LogP contribution in [-0.2, 0) is 11.3 Å². The van der Waals surface area contributed by atoms with Gasteiger partial charge in [0.15, 0.2) is 0 Å². The highest BCUT2D eigenvalue weighted by Crippen LogP contribution is 2.21. The van der Waals surface area contributed by atoms with Gasteiger partial charge in [-0.05, 0) is 62.2 Å². The van der Waals surface area contributed by atoms with Gasteiger partial charge in [0.2, 0.25) is 0 Å². The number of rotatable bonds is 7. The Hall–Kier alpha value is -3.03. The van der Waals surface area contributed by atoms with Gasteiger partial charge in [-0.1, -0.05) is 17.7 Å². The van der Waals surface area contributed by atoms with Crippen molar-refractivity contribution < 1.29 is 14.3 Å². The number of carbonyl (C=O) groups is 1. The van der Waals surface area contributed by atoms with Crippen molar-refractivity contribution in [3.63, 3.8) is 0 Å². The molecule has 1 saturated heterocycles. The fourth-order valence-corrected chi connectivity index (χ4v) is 4.02. The molecule has 0 radical (unpaired) electrons. The predicted octanol–water partition coefficient (Wildman–Crippen LogP) is 4.79. The van der Waals surface area contributed by atoms with Crippen LogP contribution in [0.25, 0.3) is 10.9 Å².